The van der Waals surface area contributed by atoms with Gasteiger partial charge in [0, 0.05) is 30.0 Å². The van der Waals surface area contributed by atoms with E-state index in [1.807, 2.05) is 6.92 Å². The molecule has 1 unspecified atom stereocenters. The van der Waals surface area contributed by atoms with Crippen molar-refractivity contribution in [2.24, 2.45) is 0 Å². The summed E-state index contributed by atoms with van der Waals surface area (Å²) in [4.78, 5) is 46.1. The maximum absolute atomic E-state index is 12.5. The van der Waals surface area contributed by atoms with Gasteiger partial charge >= 0.3 is 0 Å². The van der Waals surface area contributed by atoms with Gasteiger partial charge in [-0.15, -0.1) is 0 Å². The minimum atomic E-state index is -0.433. The highest BCUT2D eigenvalue weighted by atomic mass is 16.2. The van der Waals surface area contributed by atoms with Crippen LogP contribution in [0.5, 0.6) is 0 Å². The SMILES string of the molecule is Cc1cc(C)nc(-n2[nH]c(C(=O)N3CC(=O)NC(C)C3)cc2=O)n1. The lowest BCUT2D eigenvalue weighted by Gasteiger charge is -2.30. The molecule has 3 rings (SSSR count). The van der Waals surface area contributed by atoms with Crippen LogP contribution >= 0.6 is 0 Å². The number of hydrogen-bond donors (Lipinski definition) is 2. The van der Waals surface area contributed by atoms with Gasteiger partial charge in [-0.2, -0.15) is 4.68 Å². The molecule has 1 aliphatic heterocycles. The van der Waals surface area contributed by atoms with Gasteiger partial charge in [0.2, 0.25) is 5.91 Å². The molecule has 0 spiro atoms. The Hall–Kier alpha value is -2.97. The van der Waals surface area contributed by atoms with E-state index in [0.29, 0.717) is 17.9 Å². The van der Waals surface area contributed by atoms with Crippen molar-refractivity contribution in [3.8, 4) is 5.95 Å². The minimum Gasteiger partial charge on any atom is -0.350 e. The van der Waals surface area contributed by atoms with Crippen molar-refractivity contribution >= 4 is 11.8 Å². The van der Waals surface area contributed by atoms with Crippen LogP contribution in [-0.4, -0.2) is 55.6 Å². The summed E-state index contributed by atoms with van der Waals surface area (Å²) < 4.78 is 1.13. The summed E-state index contributed by atoms with van der Waals surface area (Å²) in [5.74, 6) is -0.445. The van der Waals surface area contributed by atoms with Crippen LogP contribution in [0.1, 0.15) is 28.8 Å². The van der Waals surface area contributed by atoms with E-state index in [2.05, 4.69) is 20.4 Å². The van der Waals surface area contributed by atoms with Crippen molar-refractivity contribution in [1.29, 1.82) is 0 Å². The number of H-pyrrole nitrogens is 1. The third-order valence-electron chi connectivity index (χ3n) is 3.64. The second-order valence-corrected chi connectivity index (χ2v) is 5.95. The molecule has 0 radical (unpaired) electrons. The Balaban J connectivity index is 1.92. The Morgan fingerprint density at radius 1 is 1.21 bits per heavy atom. The quantitative estimate of drug-likeness (QED) is 0.773. The molecule has 9 heteroatoms. The van der Waals surface area contributed by atoms with Crippen LogP contribution in [-0.2, 0) is 4.79 Å². The first-order valence-electron chi connectivity index (χ1n) is 7.57. The van der Waals surface area contributed by atoms with Crippen molar-refractivity contribution in [2.45, 2.75) is 26.8 Å². The summed E-state index contributed by atoms with van der Waals surface area (Å²) in [6.07, 6.45) is 0. The highest BCUT2D eigenvalue weighted by molar-refractivity contribution is 5.95. The van der Waals surface area contributed by atoms with Crippen LogP contribution in [0.4, 0.5) is 0 Å². The molecular formula is C15H18N6O3. The summed E-state index contributed by atoms with van der Waals surface area (Å²) in [6, 6.07) is 2.85. The van der Waals surface area contributed by atoms with E-state index in [-0.39, 0.29) is 30.1 Å². The van der Waals surface area contributed by atoms with Gasteiger partial charge in [0.25, 0.3) is 17.4 Å². The number of nitrogens with zero attached hydrogens (tertiary/aromatic N) is 4. The predicted molar refractivity (Wildman–Crippen MR) is 85.0 cm³/mol. The fourth-order valence-electron chi connectivity index (χ4n) is 2.72. The number of amides is 2. The summed E-state index contributed by atoms with van der Waals surface area (Å²) >= 11 is 0. The monoisotopic (exact) mass is 330 g/mol. The number of rotatable bonds is 2. The van der Waals surface area contributed by atoms with E-state index < -0.39 is 11.5 Å². The third kappa shape index (κ3) is 3.05. The van der Waals surface area contributed by atoms with Crippen LogP contribution < -0.4 is 10.9 Å². The van der Waals surface area contributed by atoms with Gasteiger partial charge in [-0.25, -0.2) is 9.97 Å². The first-order valence-corrected chi connectivity index (χ1v) is 7.57. The van der Waals surface area contributed by atoms with Gasteiger partial charge in [-0.05, 0) is 26.8 Å². The number of aromatic nitrogens is 4. The predicted octanol–water partition coefficient (Wildman–Crippen LogP) is -0.467. The fraction of sp³-hybridized carbons (Fsp3) is 0.400. The van der Waals surface area contributed by atoms with Gasteiger partial charge < -0.3 is 10.2 Å². The number of aromatic amines is 1. The van der Waals surface area contributed by atoms with Crippen LogP contribution in [0.3, 0.4) is 0 Å². The molecular weight excluding hydrogens is 312 g/mol. The summed E-state index contributed by atoms with van der Waals surface area (Å²) in [5, 5.41) is 5.48. The second-order valence-electron chi connectivity index (χ2n) is 5.95. The number of aryl methyl sites for hydroxylation is 2. The lowest BCUT2D eigenvalue weighted by Crippen LogP contribution is -2.54. The molecule has 3 heterocycles. The van der Waals surface area contributed by atoms with E-state index >= 15 is 0 Å². The summed E-state index contributed by atoms with van der Waals surface area (Å²) in [7, 11) is 0. The molecule has 1 aliphatic rings. The smallest absolute Gasteiger partial charge is 0.274 e. The van der Waals surface area contributed by atoms with E-state index in [9.17, 15) is 14.4 Å². The Morgan fingerprint density at radius 3 is 2.50 bits per heavy atom. The standard InChI is InChI=1S/C15H18N6O3/c1-8-4-9(2)18-15(17-8)21-13(23)5-11(19-21)14(24)20-6-10(3)16-12(22)7-20/h4-5,10,19H,6-7H2,1-3H3,(H,16,22). The molecule has 0 aromatic carbocycles. The highest BCUT2D eigenvalue weighted by Gasteiger charge is 2.27. The van der Waals surface area contributed by atoms with Crippen LogP contribution in [0.15, 0.2) is 16.9 Å². The Bertz CT molecular complexity index is 848. The zero-order valence-corrected chi connectivity index (χ0v) is 13.7. The normalized spacial score (nSPS) is 17.7. The molecule has 2 aromatic heterocycles. The number of piperazine rings is 1. The third-order valence-corrected chi connectivity index (χ3v) is 3.64. The number of carbonyl (C=O) groups excluding carboxylic acids is 2. The Morgan fingerprint density at radius 2 is 1.88 bits per heavy atom. The van der Waals surface area contributed by atoms with E-state index in [0.717, 1.165) is 4.68 Å². The number of hydrogen-bond acceptors (Lipinski definition) is 5. The van der Waals surface area contributed by atoms with Crippen LogP contribution in [0.25, 0.3) is 5.95 Å². The van der Waals surface area contributed by atoms with Gasteiger partial charge in [0.1, 0.15) is 5.69 Å². The first kappa shape index (κ1) is 15.9. The molecule has 2 amide bonds. The summed E-state index contributed by atoms with van der Waals surface area (Å²) in [5.41, 5.74) is 1.10. The molecule has 0 bridgehead atoms. The number of carbonyl (C=O) groups is 2. The first-order chi connectivity index (χ1) is 11.3. The Kier molecular flexibility index (Phi) is 3.92. The maximum Gasteiger partial charge on any atom is 0.274 e. The van der Waals surface area contributed by atoms with Crippen LogP contribution in [0.2, 0.25) is 0 Å². The average molecular weight is 330 g/mol. The van der Waals surface area contributed by atoms with Crippen molar-refractivity contribution in [3.05, 3.63) is 39.6 Å². The van der Waals surface area contributed by atoms with E-state index in [4.69, 9.17) is 0 Å². The molecule has 126 valence electrons. The van der Waals surface area contributed by atoms with Gasteiger partial charge in [-0.3, -0.25) is 19.5 Å². The zero-order chi connectivity index (χ0) is 17.4. The minimum absolute atomic E-state index is 0.0313. The van der Waals surface area contributed by atoms with Gasteiger partial charge in [0.05, 0.1) is 6.54 Å². The number of nitrogens with one attached hydrogen (secondary N) is 2. The average Bonchev–Trinajstić information content (AvgIpc) is 2.86. The maximum atomic E-state index is 12.5. The van der Waals surface area contributed by atoms with Crippen LogP contribution in [0, 0.1) is 13.8 Å². The molecule has 0 saturated carbocycles. The van der Waals surface area contributed by atoms with Crippen molar-refractivity contribution < 1.29 is 9.59 Å². The van der Waals surface area contributed by atoms with Gasteiger partial charge in [0.15, 0.2) is 0 Å². The molecule has 9 nitrogen and oxygen atoms in total. The second kappa shape index (κ2) is 5.91. The Labute approximate surface area is 137 Å². The highest BCUT2D eigenvalue weighted by Crippen LogP contribution is 2.07. The fourth-order valence-corrected chi connectivity index (χ4v) is 2.72. The van der Waals surface area contributed by atoms with E-state index in [1.54, 1.807) is 19.9 Å². The van der Waals surface area contributed by atoms with Gasteiger partial charge in [-0.1, -0.05) is 0 Å². The summed E-state index contributed by atoms with van der Waals surface area (Å²) in [6.45, 7) is 5.76. The molecule has 1 fully saturated rings. The molecule has 2 N–H and O–H groups in total. The lowest BCUT2D eigenvalue weighted by molar-refractivity contribution is -0.124. The molecule has 1 saturated heterocycles. The zero-order valence-electron chi connectivity index (χ0n) is 13.7. The molecule has 2 aromatic rings. The largest absolute Gasteiger partial charge is 0.350 e. The topological polar surface area (TPSA) is 113 Å². The molecule has 1 atom stereocenters. The lowest BCUT2D eigenvalue weighted by atomic mass is 10.2. The van der Waals surface area contributed by atoms with Crippen molar-refractivity contribution in [2.75, 3.05) is 13.1 Å². The molecule has 24 heavy (non-hydrogen) atoms. The van der Waals surface area contributed by atoms with Crippen molar-refractivity contribution in [1.82, 2.24) is 30.0 Å². The van der Waals surface area contributed by atoms with E-state index in [1.165, 1.54) is 11.0 Å². The van der Waals surface area contributed by atoms with Crippen molar-refractivity contribution in [3.63, 3.8) is 0 Å². The molecule has 0 aliphatic carbocycles.